The Morgan fingerprint density at radius 2 is 1.84 bits per heavy atom. The molecule has 1 aromatic carbocycles. The molecule has 2 aromatic rings. The van der Waals surface area contributed by atoms with Crippen molar-refractivity contribution >= 4 is 0 Å². The average molecular weight is 256 g/mol. The molecule has 0 aliphatic heterocycles. The highest BCUT2D eigenvalue weighted by molar-refractivity contribution is 5.63. The molecule has 19 heavy (non-hydrogen) atoms. The van der Waals surface area contributed by atoms with Gasteiger partial charge in [-0.25, -0.2) is 4.98 Å². The SMILES string of the molecule is Cc1cccc(-c2nc(C(C)(C)C)[nH]c(=O)c2C)c1. The lowest BCUT2D eigenvalue weighted by Crippen LogP contribution is -2.24. The molecule has 2 rings (SSSR count). The first-order chi connectivity index (χ1) is 8.79. The van der Waals surface area contributed by atoms with Crippen LogP contribution in [0.1, 0.15) is 37.7 Å². The van der Waals surface area contributed by atoms with Crippen LogP contribution >= 0.6 is 0 Å². The van der Waals surface area contributed by atoms with E-state index >= 15 is 0 Å². The summed E-state index contributed by atoms with van der Waals surface area (Å²) in [6.07, 6.45) is 0. The fourth-order valence-electron chi connectivity index (χ4n) is 1.96. The molecule has 0 fully saturated rings. The van der Waals surface area contributed by atoms with E-state index in [1.165, 1.54) is 0 Å². The van der Waals surface area contributed by atoms with Crippen molar-refractivity contribution in [1.29, 1.82) is 0 Å². The topological polar surface area (TPSA) is 45.8 Å². The monoisotopic (exact) mass is 256 g/mol. The van der Waals surface area contributed by atoms with Crippen molar-refractivity contribution < 1.29 is 0 Å². The van der Waals surface area contributed by atoms with Crippen LogP contribution in [0.5, 0.6) is 0 Å². The highest BCUT2D eigenvalue weighted by Crippen LogP contribution is 2.23. The van der Waals surface area contributed by atoms with E-state index in [2.05, 4.69) is 16.0 Å². The molecule has 0 unspecified atom stereocenters. The molecule has 0 bridgehead atoms. The lowest BCUT2D eigenvalue weighted by molar-refractivity contribution is 0.542. The smallest absolute Gasteiger partial charge is 0.254 e. The Morgan fingerprint density at radius 1 is 1.16 bits per heavy atom. The van der Waals surface area contributed by atoms with E-state index in [-0.39, 0.29) is 11.0 Å². The Bertz CT molecular complexity index is 663. The predicted molar refractivity (Wildman–Crippen MR) is 78.5 cm³/mol. The van der Waals surface area contributed by atoms with E-state index in [1.54, 1.807) is 0 Å². The summed E-state index contributed by atoms with van der Waals surface area (Å²) in [5.41, 5.74) is 3.36. The summed E-state index contributed by atoms with van der Waals surface area (Å²) in [7, 11) is 0. The number of rotatable bonds is 1. The van der Waals surface area contributed by atoms with Gasteiger partial charge < -0.3 is 4.98 Å². The van der Waals surface area contributed by atoms with Crippen molar-refractivity contribution in [2.45, 2.75) is 40.0 Å². The largest absolute Gasteiger partial charge is 0.310 e. The first-order valence-electron chi connectivity index (χ1n) is 6.47. The van der Waals surface area contributed by atoms with E-state index in [0.29, 0.717) is 5.56 Å². The molecule has 0 aliphatic rings. The van der Waals surface area contributed by atoms with Gasteiger partial charge >= 0.3 is 0 Å². The molecule has 1 N–H and O–H groups in total. The van der Waals surface area contributed by atoms with E-state index in [9.17, 15) is 4.79 Å². The summed E-state index contributed by atoms with van der Waals surface area (Å²) in [6.45, 7) is 9.98. The number of aromatic amines is 1. The standard InChI is InChI=1S/C16H20N2O/c1-10-7-6-8-12(9-10)13-11(2)14(19)18-15(17-13)16(3,4)5/h6-9H,1-5H3,(H,17,18,19). The molecule has 3 nitrogen and oxygen atoms in total. The Kier molecular flexibility index (Phi) is 3.31. The lowest BCUT2D eigenvalue weighted by Gasteiger charge is -2.18. The molecule has 0 saturated carbocycles. The van der Waals surface area contributed by atoms with Crippen LogP contribution < -0.4 is 5.56 Å². The van der Waals surface area contributed by atoms with Gasteiger partial charge in [0.1, 0.15) is 5.82 Å². The molecule has 0 aliphatic carbocycles. The highest BCUT2D eigenvalue weighted by Gasteiger charge is 2.19. The molecule has 100 valence electrons. The minimum Gasteiger partial charge on any atom is -0.310 e. The maximum Gasteiger partial charge on any atom is 0.254 e. The first kappa shape index (κ1) is 13.5. The van der Waals surface area contributed by atoms with Gasteiger partial charge in [0, 0.05) is 16.5 Å². The quantitative estimate of drug-likeness (QED) is 0.850. The van der Waals surface area contributed by atoms with Crippen LogP contribution in [0.3, 0.4) is 0 Å². The van der Waals surface area contributed by atoms with Crippen LogP contribution in [0, 0.1) is 13.8 Å². The van der Waals surface area contributed by atoms with E-state index in [1.807, 2.05) is 52.8 Å². The van der Waals surface area contributed by atoms with Crippen LogP contribution in [0.15, 0.2) is 29.1 Å². The molecule has 3 heteroatoms. The average Bonchev–Trinajstić information content (AvgIpc) is 2.31. The zero-order chi connectivity index (χ0) is 14.2. The normalized spacial score (nSPS) is 11.6. The van der Waals surface area contributed by atoms with Gasteiger partial charge in [-0.05, 0) is 19.9 Å². The second-order valence-corrected chi connectivity index (χ2v) is 6.01. The number of benzene rings is 1. The maximum absolute atomic E-state index is 12.1. The number of nitrogens with one attached hydrogen (secondary N) is 1. The Balaban J connectivity index is 2.70. The Hall–Kier alpha value is -1.90. The van der Waals surface area contributed by atoms with Crippen LogP contribution in [0.2, 0.25) is 0 Å². The lowest BCUT2D eigenvalue weighted by atomic mass is 9.95. The number of aromatic nitrogens is 2. The number of aryl methyl sites for hydroxylation is 1. The van der Waals surface area contributed by atoms with Gasteiger partial charge in [0.15, 0.2) is 0 Å². The van der Waals surface area contributed by atoms with E-state index in [4.69, 9.17) is 0 Å². The summed E-state index contributed by atoms with van der Waals surface area (Å²) in [5.74, 6) is 0.722. The summed E-state index contributed by atoms with van der Waals surface area (Å²) in [6, 6.07) is 8.08. The number of H-pyrrole nitrogens is 1. The van der Waals surface area contributed by atoms with Gasteiger partial charge in [0.25, 0.3) is 5.56 Å². The van der Waals surface area contributed by atoms with Gasteiger partial charge in [-0.15, -0.1) is 0 Å². The van der Waals surface area contributed by atoms with Gasteiger partial charge in [0.2, 0.25) is 0 Å². The third kappa shape index (κ3) is 2.75. The van der Waals surface area contributed by atoms with Gasteiger partial charge in [-0.1, -0.05) is 44.5 Å². The number of hydrogen-bond donors (Lipinski definition) is 1. The zero-order valence-corrected chi connectivity index (χ0v) is 12.2. The van der Waals surface area contributed by atoms with Crippen molar-refractivity contribution in [1.82, 2.24) is 9.97 Å². The molecule has 0 amide bonds. The fraction of sp³-hybridized carbons (Fsp3) is 0.375. The van der Waals surface area contributed by atoms with Crippen molar-refractivity contribution in [3.63, 3.8) is 0 Å². The van der Waals surface area contributed by atoms with Gasteiger partial charge in [-0.3, -0.25) is 4.79 Å². The summed E-state index contributed by atoms with van der Waals surface area (Å²) in [4.78, 5) is 19.6. The van der Waals surface area contributed by atoms with Crippen molar-refractivity contribution in [3.8, 4) is 11.3 Å². The van der Waals surface area contributed by atoms with Crippen molar-refractivity contribution in [3.05, 3.63) is 51.6 Å². The first-order valence-corrected chi connectivity index (χ1v) is 6.47. The molecule has 0 saturated heterocycles. The third-order valence-corrected chi connectivity index (χ3v) is 3.15. The summed E-state index contributed by atoms with van der Waals surface area (Å²) in [5, 5.41) is 0. The highest BCUT2D eigenvalue weighted by atomic mass is 16.1. The fourth-order valence-corrected chi connectivity index (χ4v) is 1.96. The van der Waals surface area contributed by atoms with Gasteiger partial charge in [-0.2, -0.15) is 0 Å². The molecule has 0 spiro atoms. The van der Waals surface area contributed by atoms with Crippen LogP contribution in [-0.4, -0.2) is 9.97 Å². The summed E-state index contributed by atoms with van der Waals surface area (Å²) >= 11 is 0. The molecular formula is C16H20N2O. The minimum absolute atomic E-state index is 0.0589. The number of hydrogen-bond acceptors (Lipinski definition) is 2. The van der Waals surface area contributed by atoms with Crippen molar-refractivity contribution in [2.75, 3.05) is 0 Å². The third-order valence-electron chi connectivity index (χ3n) is 3.15. The Morgan fingerprint density at radius 3 is 2.42 bits per heavy atom. The molecular weight excluding hydrogens is 236 g/mol. The number of nitrogens with zero attached hydrogens (tertiary/aromatic N) is 1. The molecule has 1 aromatic heterocycles. The van der Waals surface area contributed by atoms with Crippen LogP contribution in [0.4, 0.5) is 0 Å². The molecule has 1 heterocycles. The van der Waals surface area contributed by atoms with E-state index in [0.717, 1.165) is 22.6 Å². The second kappa shape index (κ2) is 4.65. The minimum atomic E-state index is -0.175. The van der Waals surface area contributed by atoms with Crippen LogP contribution in [0.25, 0.3) is 11.3 Å². The molecule has 0 atom stereocenters. The van der Waals surface area contributed by atoms with Crippen molar-refractivity contribution in [2.24, 2.45) is 0 Å². The van der Waals surface area contributed by atoms with E-state index < -0.39 is 0 Å². The summed E-state index contributed by atoms with van der Waals surface area (Å²) < 4.78 is 0. The van der Waals surface area contributed by atoms with Gasteiger partial charge in [0.05, 0.1) is 5.69 Å². The van der Waals surface area contributed by atoms with Crippen LogP contribution in [-0.2, 0) is 5.41 Å². The zero-order valence-electron chi connectivity index (χ0n) is 12.2. The maximum atomic E-state index is 12.1. The molecule has 0 radical (unpaired) electrons. The predicted octanol–water partition coefficient (Wildman–Crippen LogP) is 3.35. The Labute approximate surface area is 113 Å². The second-order valence-electron chi connectivity index (χ2n) is 6.01.